The second-order valence-electron chi connectivity index (χ2n) is 4.52. The lowest BCUT2D eigenvalue weighted by Crippen LogP contribution is -2.33. The summed E-state index contributed by atoms with van der Waals surface area (Å²) in [4.78, 5) is 2.53. The van der Waals surface area contributed by atoms with Crippen LogP contribution in [0.2, 0.25) is 0 Å². The average Bonchev–Trinajstić information content (AvgIpc) is 2.83. The van der Waals surface area contributed by atoms with Crippen LogP contribution in [-0.2, 0) is 11.3 Å². The van der Waals surface area contributed by atoms with Gasteiger partial charge in [-0.25, -0.2) is 0 Å². The van der Waals surface area contributed by atoms with Crippen molar-refractivity contribution in [2.75, 3.05) is 25.0 Å². The number of likely N-dealkylation sites (tertiary alicyclic amines) is 1. The summed E-state index contributed by atoms with van der Waals surface area (Å²) in [5.41, 5.74) is 1.26. The Balaban J connectivity index is 1.63. The van der Waals surface area contributed by atoms with E-state index >= 15 is 0 Å². The molecule has 1 fully saturated rings. The van der Waals surface area contributed by atoms with E-state index in [-0.39, 0.29) is 0 Å². The Kier molecular flexibility index (Phi) is 5.49. The van der Waals surface area contributed by atoms with E-state index in [4.69, 9.17) is 4.74 Å². The highest BCUT2D eigenvalue weighted by atomic mass is 79.9. The van der Waals surface area contributed by atoms with Gasteiger partial charge >= 0.3 is 0 Å². The van der Waals surface area contributed by atoms with Gasteiger partial charge in [-0.05, 0) is 24.9 Å². The van der Waals surface area contributed by atoms with Gasteiger partial charge in [0.05, 0.1) is 13.2 Å². The molecule has 1 aliphatic heterocycles. The van der Waals surface area contributed by atoms with Crippen LogP contribution >= 0.6 is 15.9 Å². The Labute approximate surface area is 112 Å². The zero-order valence-corrected chi connectivity index (χ0v) is 11.7. The Morgan fingerprint density at radius 2 is 2.12 bits per heavy atom. The highest BCUT2D eigenvalue weighted by Gasteiger charge is 2.22. The Morgan fingerprint density at radius 3 is 2.88 bits per heavy atom. The molecule has 1 atom stereocenters. The van der Waals surface area contributed by atoms with Gasteiger partial charge in [0.1, 0.15) is 0 Å². The molecule has 3 heteroatoms. The molecule has 0 N–H and O–H groups in total. The number of nitrogens with zero attached hydrogens (tertiary/aromatic N) is 1. The minimum Gasteiger partial charge on any atom is -0.375 e. The number of benzene rings is 1. The maximum absolute atomic E-state index is 5.72. The van der Waals surface area contributed by atoms with Gasteiger partial charge in [-0.1, -0.05) is 46.3 Å². The predicted molar refractivity (Wildman–Crippen MR) is 74.5 cm³/mol. The highest BCUT2D eigenvalue weighted by molar-refractivity contribution is 9.09. The van der Waals surface area contributed by atoms with Crippen molar-refractivity contribution >= 4 is 15.9 Å². The lowest BCUT2D eigenvalue weighted by Gasteiger charge is -2.22. The fraction of sp³-hybridized carbons (Fsp3) is 0.571. The zero-order chi connectivity index (χ0) is 11.9. The summed E-state index contributed by atoms with van der Waals surface area (Å²) in [6.07, 6.45) is 2.65. The summed E-state index contributed by atoms with van der Waals surface area (Å²) in [7, 11) is 0. The second-order valence-corrected chi connectivity index (χ2v) is 5.17. The zero-order valence-electron chi connectivity index (χ0n) is 10.1. The van der Waals surface area contributed by atoms with Gasteiger partial charge in [-0.2, -0.15) is 0 Å². The Bertz CT molecular complexity index is 317. The summed E-state index contributed by atoms with van der Waals surface area (Å²) in [6, 6.07) is 11.1. The number of hydrogen-bond acceptors (Lipinski definition) is 2. The van der Waals surface area contributed by atoms with Gasteiger partial charge < -0.3 is 4.74 Å². The Morgan fingerprint density at radius 1 is 1.29 bits per heavy atom. The normalized spacial score (nSPS) is 20.9. The van der Waals surface area contributed by atoms with Crippen LogP contribution < -0.4 is 0 Å². The minimum absolute atomic E-state index is 0.718. The van der Waals surface area contributed by atoms with Crippen molar-refractivity contribution < 1.29 is 4.74 Å². The summed E-state index contributed by atoms with van der Waals surface area (Å²) < 4.78 is 5.72. The largest absolute Gasteiger partial charge is 0.375 e. The van der Waals surface area contributed by atoms with E-state index in [0.29, 0.717) is 0 Å². The fourth-order valence-corrected chi connectivity index (χ4v) is 3.04. The summed E-state index contributed by atoms with van der Waals surface area (Å²) in [6.45, 7) is 3.85. The molecule has 1 aromatic rings. The summed E-state index contributed by atoms with van der Waals surface area (Å²) >= 11 is 3.58. The molecule has 0 aliphatic carbocycles. The van der Waals surface area contributed by atoms with E-state index in [0.717, 1.165) is 31.1 Å². The van der Waals surface area contributed by atoms with E-state index in [1.807, 2.05) is 6.07 Å². The average molecular weight is 298 g/mol. The molecule has 0 saturated carbocycles. The van der Waals surface area contributed by atoms with Crippen LogP contribution in [0.1, 0.15) is 18.4 Å². The molecule has 1 saturated heterocycles. The van der Waals surface area contributed by atoms with Crippen molar-refractivity contribution in [1.82, 2.24) is 4.90 Å². The van der Waals surface area contributed by atoms with Crippen molar-refractivity contribution in [2.24, 2.45) is 0 Å². The predicted octanol–water partition coefficient (Wildman–Crippen LogP) is 3.06. The lowest BCUT2D eigenvalue weighted by molar-refractivity contribution is 0.0914. The Hall–Kier alpha value is -0.380. The molecule has 94 valence electrons. The third kappa shape index (κ3) is 4.09. The monoisotopic (exact) mass is 297 g/mol. The van der Waals surface area contributed by atoms with Crippen LogP contribution in [0.3, 0.4) is 0 Å². The molecule has 0 bridgehead atoms. The SMILES string of the molecule is BrCC1CCCN1CCOCc1ccccc1. The van der Waals surface area contributed by atoms with Crippen LogP contribution in [0.4, 0.5) is 0 Å². The van der Waals surface area contributed by atoms with Crippen molar-refractivity contribution in [2.45, 2.75) is 25.5 Å². The van der Waals surface area contributed by atoms with Gasteiger partial charge in [0.15, 0.2) is 0 Å². The summed E-state index contributed by atoms with van der Waals surface area (Å²) in [5, 5.41) is 1.09. The number of rotatable bonds is 6. The lowest BCUT2D eigenvalue weighted by atomic mass is 10.2. The molecule has 0 aromatic heterocycles. The molecule has 0 radical (unpaired) electrons. The standard InChI is InChI=1S/C14H20BrNO/c15-11-14-7-4-8-16(14)9-10-17-12-13-5-2-1-3-6-13/h1-3,5-6,14H,4,7-12H2. The maximum atomic E-state index is 5.72. The second kappa shape index (κ2) is 7.14. The highest BCUT2D eigenvalue weighted by Crippen LogP contribution is 2.18. The van der Waals surface area contributed by atoms with Crippen LogP contribution in [0, 0.1) is 0 Å². The third-order valence-corrected chi connectivity index (χ3v) is 4.06. The molecule has 0 amide bonds. The van der Waals surface area contributed by atoms with Gasteiger partial charge in [0, 0.05) is 17.9 Å². The quantitative estimate of drug-likeness (QED) is 0.591. The van der Waals surface area contributed by atoms with Crippen molar-refractivity contribution in [3.63, 3.8) is 0 Å². The van der Waals surface area contributed by atoms with Crippen molar-refractivity contribution in [1.29, 1.82) is 0 Å². The van der Waals surface area contributed by atoms with Crippen LogP contribution in [-0.4, -0.2) is 36.0 Å². The van der Waals surface area contributed by atoms with Gasteiger partial charge in [0.2, 0.25) is 0 Å². The van der Waals surface area contributed by atoms with E-state index in [1.165, 1.54) is 24.9 Å². The molecule has 2 nitrogen and oxygen atoms in total. The van der Waals surface area contributed by atoms with E-state index < -0.39 is 0 Å². The molecule has 17 heavy (non-hydrogen) atoms. The molecule has 2 rings (SSSR count). The van der Waals surface area contributed by atoms with Crippen LogP contribution in [0.25, 0.3) is 0 Å². The van der Waals surface area contributed by atoms with Crippen LogP contribution in [0.15, 0.2) is 30.3 Å². The number of halogens is 1. The van der Waals surface area contributed by atoms with Gasteiger partial charge in [0.25, 0.3) is 0 Å². The molecule has 1 heterocycles. The van der Waals surface area contributed by atoms with E-state index in [2.05, 4.69) is 45.1 Å². The van der Waals surface area contributed by atoms with Gasteiger partial charge in [-0.15, -0.1) is 0 Å². The smallest absolute Gasteiger partial charge is 0.0717 e. The molecule has 1 aliphatic rings. The van der Waals surface area contributed by atoms with Crippen LogP contribution in [0.5, 0.6) is 0 Å². The number of alkyl halides is 1. The molecular formula is C14H20BrNO. The fourth-order valence-electron chi connectivity index (χ4n) is 2.31. The van der Waals surface area contributed by atoms with E-state index in [9.17, 15) is 0 Å². The first-order chi connectivity index (χ1) is 8.40. The topological polar surface area (TPSA) is 12.5 Å². The molecule has 1 unspecified atom stereocenters. The first kappa shape index (κ1) is 13.1. The molecular weight excluding hydrogens is 278 g/mol. The maximum Gasteiger partial charge on any atom is 0.0717 e. The summed E-state index contributed by atoms with van der Waals surface area (Å²) in [5.74, 6) is 0. The first-order valence-corrected chi connectivity index (χ1v) is 7.44. The third-order valence-electron chi connectivity index (χ3n) is 3.31. The molecule has 1 aromatic carbocycles. The first-order valence-electron chi connectivity index (χ1n) is 6.32. The van der Waals surface area contributed by atoms with Crippen molar-refractivity contribution in [3.05, 3.63) is 35.9 Å². The number of hydrogen-bond donors (Lipinski definition) is 0. The minimum atomic E-state index is 0.718. The van der Waals surface area contributed by atoms with E-state index in [1.54, 1.807) is 0 Å². The number of ether oxygens (including phenoxy) is 1. The molecule has 0 spiro atoms. The van der Waals surface area contributed by atoms with Crippen molar-refractivity contribution in [3.8, 4) is 0 Å². The van der Waals surface area contributed by atoms with Gasteiger partial charge in [-0.3, -0.25) is 4.90 Å².